The molecule has 2 rings (SSSR count). The minimum absolute atomic E-state index is 0.729. The maximum Gasteiger partial charge on any atom is 0.0648 e. The summed E-state index contributed by atoms with van der Waals surface area (Å²) in [4.78, 5) is 0. The van der Waals surface area contributed by atoms with E-state index in [1.165, 1.54) is 0 Å². The summed E-state index contributed by atoms with van der Waals surface area (Å²) in [6.07, 6.45) is 0. The first-order chi connectivity index (χ1) is 8.65. The van der Waals surface area contributed by atoms with E-state index in [9.17, 15) is 0 Å². The summed E-state index contributed by atoms with van der Waals surface area (Å²) in [6, 6.07) is 15.5. The SMILES string of the molecule is C/C(=N/Nc1ccc(Br)cc1)c1ccc(Cl)cc1. The maximum atomic E-state index is 5.84. The molecule has 2 nitrogen and oxygen atoms in total. The molecule has 1 N–H and O–H groups in total. The molecule has 0 saturated carbocycles. The fourth-order valence-corrected chi connectivity index (χ4v) is 1.82. The van der Waals surface area contributed by atoms with Crippen molar-refractivity contribution in [2.45, 2.75) is 6.92 Å². The van der Waals surface area contributed by atoms with E-state index >= 15 is 0 Å². The zero-order chi connectivity index (χ0) is 13.0. The lowest BCUT2D eigenvalue weighted by atomic mass is 10.1. The van der Waals surface area contributed by atoms with Crippen LogP contribution in [0.15, 0.2) is 58.1 Å². The van der Waals surface area contributed by atoms with Crippen molar-refractivity contribution in [1.29, 1.82) is 0 Å². The van der Waals surface area contributed by atoms with Gasteiger partial charge in [-0.05, 0) is 48.9 Å². The lowest BCUT2D eigenvalue weighted by Crippen LogP contribution is -1.99. The first kappa shape index (κ1) is 13.1. The Morgan fingerprint density at radius 1 is 1.06 bits per heavy atom. The Balaban J connectivity index is 2.09. The second-order valence-corrected chi connectivity index (χ2v) is 5.17. The van der Waals surface area contributed by atoms with Crippen LogP contribution < -0.4 is 5.43 Å². The molecule has 0 radical (unpaired) electrons. The Hall–Kier alpha value is -1.32. The quantitative estimate of drug-likeness (QED) is 0.628. The third-order valence-electron chi connectivity index (χ3n) is 2.46. The van der Waals surface area contributed by atoms with Crippen LogP contribution in [-0.4, -0.2) is 5.71 Å². The zero-order valence-electron chi connectivity index (χ0n) is 9.82. The molecule has 0 aliphatic heterocycles. The molecule has 92 valence electrons. The molecule has 0 spiro atoms. The molecule has 2 aromatic carbocycles. The normalized spacial score (nSPS) is 11.4. The van der Waals surface area contributed by atoms with Crippen LogP contribution in [0.1, 0.15) is 12.5 Å². The maximum absolute atomic E-state index is 5.84. The van der Waals surface area contributed by atoms with Gasteiger partial charge in [-0.15, -0.1) is 0 Å². The zero-order valence-corrected chi connectivity index (χ0v) is 12.2. The first-order valence-electron chi connectivity index (χ1n) is 5.47. The van der Waals surface area contributed by atoms with Gasteiger partial charge in [0.15, 0.2) is 0 Å². The highest BCUT2D eigenvalue weighted by atomic mass is 79.9. The van der Waals surface area contributed by atoms with Crippen LogP contribution in [0.3, 0.4) is 0 Å². The van der Waals surface area contributed by atoms with Crippen molar-refractivity contribution < 1.29 is 0 Å². The average Bonchev–Trinajstić information content (AvgIpc) is 2.38. The molecule has 0 heterocycles. The largest absolute Gasteiger partial charge is 0.278 e. The smallest absolute Gasteiger partial charge is 0.0648 e. The monoisotopic (exact) mass is 322 g/mol. The van der Waals surface area contributed by atoms with Crippen molar-refractivity contribution in [1.82, 2.24) is 0 Å². The van der Waals surface area contributed by atoms with Crippen molar-refractivity contribution in [3.05, 3.63) is 63.6 Å². The number of hydrogen-bond acceptors (Lipinski definition) is 2. The Labute approximate surface area is 120 Å². The van der Waals surface area contributed by atoms with E-state index in [2.05, 4.69) is 26.5 Å². The summed E-state index contributed by atoms with van der Waals surface area (Å²) in [5, 5.41) is 5.06. The molecule has 0 unspecified atom stereocenters. The van der Waals surface area contributed by atoms with Gasteiger partial charge < -0.3 is 0 Å². The van der Waals surface area contributed by atoms with Crippen LogP contribution in [0, 0.1) is 0 Å². The number of hydrogen-bond donors (Lipinski definition) is 1. The highest BCUT2D eigenvalue weighted by Gasteiger charge is 1.97. The van der Waals surface area contributed by atoms with Crippen LogP contribution in [-0.2, 0) is 0 Å². The van der Waals surface area contributed by atoms with Crippen molar-refractivity contribution in [3.63, 3.8) is 0 Å². The van der Waals surface area contributed by atoms with Crippen molar-refractivity contribution in [2.75, 3.05) is 5.43 Å². The summed E-state index contributed by atoms with van der Waals surface area (Å²) < 4.78 is 1.05. The molecule has 4 heteroatoms. The number of benzene rings is 2. The van der Waals surface area contributed by atoms with Gasteiger partial charge in [-0.1, -0.05) is 39.7 Å². The standard InChI is InChI=1S/C14H12BrClN2/c1-10(11-2-6-13(16)7-3-11)17-18-14-8-4-12(15)5-9-14/h2-9,18H,1H3/b17-10-. The highest BCUT2D eigenvalue weighted by molar-refractivity contribution is 9.10. The molecule has 0 atom stereocenters. The van der Waals surface area contributed by atoms with E-state index in [4.69, 9.17) is 11.6 Å². The van der Waals surface area contributed by atoms with Crippen LogP contribution in [0.25, 0.3) is 0 Å². The third kappa shape index (κ3) is 3.59. The molecule has 0 bridgehead atoms. The molecule has 0 aliphatic carbocycles. The Morgan fingerprint density at radius 3 is 2.28 bits per heavy atom. The second kappa shape index (κ2) is 6.03. The van der Waals surface area contributed by atoms with E-state index in [-0.39, 0.29) is 0 Å². The minimum atomic E-state index is 0.729. The minimum Gasteiger partial charge on any atom is -0.278 e. The van der Waals surface area contributed by atoms with Crippen molar-refractivity contribution in [2.24, 2.45) is 5.10 Å². The highest BCUT2D eigenvalue weighted by Crippen LogP contribution is 2.15. The molecule has 0 saturated heterocycles. The molecule has 0 fully saturated rings. The molecular weight excluding hydrogens is 312 g/mol. The lowest BCUT2D eigenvalue weighted by Gasteiger charge is -2.04. The second-order valence-electron chi connectivity index (χ2n) is 3.82. The number of anilines is 1. The van der Waals surface area contributed by atoms with Crippen molar-refractivity contribution >= 4 is 38.9 Å². The number of hydrazone groups is 1. The Kier molecular flexibility index (Phi) is 4.39. The molecular formula is C14H12BrClN2. The van der Waals surface area contributed by atoms with Gasteiger partial charge >= 0.3 is 0 Å². The molecule has 0 aromatic heterocycles. The summed E-state index contributed by atoms with van der Waals surface area (Å²) in [5.74, 6) is 0. The number of nitrogens with one attached hydrogen (secondary N) is 1. The van der Waals surface area contributed by atoms with Gasteiger partial charge in [-0.25, -0.2) is 0 Å². The van der Waals surface area contributed by atoms with Gasteiger partial charge in [-0.3, -0.25) is 5.43 Å². The summed E-state index contributed by atoms with van der Waals surface area (Å²) in [7, 11) is 0. The number of halogens is 2. The van der Waals surface area contributed by atoms with Crippen molar-refractivity contribution in [3.8, 4) is 0 Å². The topological polar surface area (TPSA) is 24.4 Å². The molecule has 18 heavy (non-hydrogen) atoms. The van der Waals surface area contributed by atoms with Gasteiger partial charge in [0.2, 0.25) is 0 Å². The van der Waals surface area contributed by atoms with E-state index in [0.29, 0.717) is 0 Å². The fourth-order valence-electron chi connectivity index (χ4n) is 1.43. The summed E-state index contributed by atoms with van der Waals surface area (Å²) in [5.41, 5.74) is 5.93. The first-order valence-corrected chi connectivity index (χ1v) is 6.64. The predicted octanol–water partition coefficient (Wildman–Crippen LogP) is 4.94. The van der Waals surface area contributed by atoms with E-state index in [0.717, 1.165) is 26.5 Å². The Bertz CT molecular complexity index is 547. The van der Waals surface area contributed by atoms with E-state index in [1.54, 1.807) is 0 Å². The van der Waals surface area contributed by atoms with Crippen LogP contribution >= 0.6 is 27.5 Å². The van der Waals surface area contributed by atoms with Gasteiger partial charge in [0, 0.05) is 9.50 Å². The van der Waals surface area contributed by atoms with Crippen LogP contribution in [0.2, 0.25) is 5.02 Å². The van der Waals surface area contributed by atoms with Crippen LogP contribution in [0.4, 0.5) is 5.69 Å². The lowest BCUT2D eigenvalue weighted by molar-refractivity contribution is 1.32. The summed E-state index contributed by atoms with van der Waals surface area (Å²) in [6.45, 7) is 1.95. The fraction of sp³-hybridized carbons (Fsp3) is 0.0714. The van der Waals surface area contributed by atoms with E-state index < -0.39 is 0 Å². The molecule has 2 aromatic rings. The van der Waals surface area contributed by atoms with Gasteiger partial charge in [-0.2, -0.15) is 5.10 Å². The molecule has 0 aliphatic rings. The van der Waals surface area contributed by atoms with Crippen LogP contribution in [0.5, 0.6) is 0 Å². The number of nitrogens with zero attached hydrogens (tertiary/aromatic N) is 1. The van der Waals surface area contributed by atoms with Gasteiger partial charge in [0.05, 0.1) is 11.4 Å². The van der Waals surface area contributed by atoms with Gasteiger partial charge in [0.25, 0.3) is 0 Å². The predicted molar refractivity (Wildman–Crippen MR) is 81.4 cm³/mol. The summed E-state index contributed by atoms with van der Waals surface area (Å²) >= 11 is 9.24. The Morgan fingerprint density at radius 2 is 1.67 bits per heavy atom. The number of rotatable bonds is 3. The third-order valence-corrected chi connectivity index (χ3v) is 3.24. The molecule has 0 amide bonds. The average molecular weight is 324 g/mol. The van der Waals surface area contributed by atoms with Gasteiger partial charge in [0.1, 0.15) is 0 Å². The van der Waals surface area contributed by atoms with E-state index in [1.807, 2.05) is 55.5 Å².